The van der Waals surface area contributed by atoms with E-state index >= 15 is 0 Å². The second-order valence-corrected chi connectivity index (χ2v) is 8.98. The van der Waals surface area contributed by atoms with Crippen molar-refractivity contribution in [3.8, 4) is 5.88 Å². The van der Waals surface area contributed by atoms with Gasteiger partial charge in [-0.25, -0.2) is 4.98 Å². The number of unbranched alkanes of at least 4 members (excludes halogenated alkanes) is 1. The Morgan fingerprint density at radius 2 is 2.07 bits per heavy atom. The number of ether oxygens (including phenoxy) is 2. The zero-order valence-electron chi connectivity index (χ0n) is 17.7. The number of hydrogen-bond donors (Lipinski definition) is 0. The van der Waals surface area contributed by atoms with E-state index in [0.29, 0.717) is 11.8 Å². The van der Waals surface area contributed by atoms with Gasteiger partial charge in [0, 0.05) is 30.6 Å². The number of aromatic nitrogens is 2. The Labute approximate surface area is 183 Å². The fourth-order valence-corrected chi connectivity index (χ4v) is 4.96. The van der Waals surface area contributed by atoms with Gasteiger partial charge in [-0.2, -0.15) is 0 Å². The molecule has 0 radical (unpaired) electrons. The monoisotopic (exact) mass is 460 g/mol. The lowest BCUT2D eigenvalue weighted by atomic mass is 9.83. The van der Waals surface area contributed by atoms with Gasteiger partial charge in [0.1, 0.15) is 0 Å². The molecule has 2 fully saturated rings. The molecule has 4 nitrogen and oxygen atoms in total. The molecular formula is C24H33BrN2O2. The SMILES string of the molecule is CCCCc1cnc(OC)c(Br)c1.c1ccc([C@@H]2CCOC3(CCCC3)C2)nc1. The van der Waals surface area contributed by atoms with Gasteiger partial charge < -0.3 is 9.47 Å². The van der Waals surface area contributed by atoms with E-state index in [-0.39, 0.29) is 5.60 Å². The van der Waals surface area contributed by atoms with Gasteiger partial charge in [-0.05, 0) is 78.2 Å². The molecule has 1 aliphatic heterocycles. The van der Waals surface area contributed by atoms with Crippen LogP contribution in [-0.4, -0.2) is 29.3 Å². The maximum Gasteiger partial charge on any atom is 0.227 e. The Morgan fingerprint density at radius 1 is 1.24 bits per heavy atom. The van der Waals surface area contributed by atoms with Crippen molar-refractivity contribution in [2.45, 2.75) is 76.2 Å². The molecular weight excluding hydrogens is 428 g/mol. The fourth-order valence-electron chi connectivity index (χ4n) is 4.40. The van der Waals surface area contributed by atoms with E-state index in [1.807, 2.05) is 18.5 Å². The zero-order chi connectivity index (χ0) is 20.5. The zero-order valence-corrected chi connectivity index (χ0v) is 19.3. The predicted molar refractivity (Wildman–Crippen MR) is 120 cm³/mol. The van der Waals surface area contributed by atoms with Crippen molar-refractivity contribution in [1.29, 1.82) is 0 Å². The minimum Gasteiger partial charge on any atom is -0.480 e. The lowest BCUT2D eigenvalue weighted by Crippen LogP contribution is -2.36. The Kier molecular flexibility index (Phi) is 8.49. The van der Waals surface area contributed by atoms with Gasteiger partial charge in [-0.1, -0.05) is 32.3 Å². The summed E-state index contributed by atoms with van der Waals surface area (Å²) in [5, 5.41) is 0. The van der Waals surface area contributed by atoms with Crippen molar-refractivity contribution in [2.75, 3.05) is 13.7 Å². The van der Waals surface area contributed by atoms with Crippen molar-refractivity contribution in [1.82, 2.24) is 9.97 Å². The van der Waals surface area contributed by atoms with Crippen LogP contribution in [-0.2, 0) is 11.2 Å². The van der Waals surface area contributed by atoms with E-state index in [0.717, 1.165) is 23.9 Å². The van der Waals surface area contributed by atoms with Crippen molar-refractivity contribution in [3.63, 3.8) is 0 Å². The molecule has 0 N–H and O–H groups in total. The molecule has 0 aromatic carbocycles. The summed E-state index contributed by atoms with van der Waals surface area (Å²) in [4.78, 5) is 8.68. The van der Waals surface area contributed by atoms with Gasteiger partial charge in [0.25, 0.3) is 0 Å². The number of pyridine rings is 2. The second-order valence-electron chi connectivity index (χ2n) is 8.12. The molecule has 5 heteroatoms. The quantitative estimate of drug-likeness (QED) is 0.511. The van der Waals surface area contributed by atoms with Crippen molar-refractivity contribution >= 4 is 15.9 Å². The first-order valence-electron chi connectivity index (χ1n) is 10.9. The van der Waals surface area contributed by atoms with Crippen LogP contribution >= 0.6 is 15.9 Å². The van der Waals surface area contributed by atoms with Gasteiger partial charge in [0.05, 0.1) is 17.2 Å². The number of halogens is 1. The second kappa shape index (κ2) is 11.1. The maximum atomic E-state index is 6.05. The average Bonchev–Trinajstić information content (AvgIpc) is 3.21. The highest BCUT2D eigenvalue weighted by atomic mass is 79.9. The van der Waals surface area contributed by atoms with Crippen LogP contribution in [0, 0.1) is 0 Å². The van der Waals surface area contributed by atoms with Gasteiger partial charge >= 0.3 is 0 Å². The first-order valence-corrected chi connectivity index (χ1v) is 11.7. The molecule has 0 bridgehead atoms. The molecule has 0 unspecified atom stereocenters. The van der Waals surface area contributed by atoms with Crippen LogP contribution in [0.2, 0.25) is 0 Å². The molecule has 1 saturated carbocycles. The standard InChI is InChI=1S/C14H19NO.C10H14BrNO/c1-4-9-15-13(5-1)12-6-10-16-14(11-12)7-2-3-8-14;1-3-4-5-8-6-9(11)10(13-2)12-7-8/h1,4-5,9,12H,2-3,6-8,10-11H2;6-7H,3-5H2,1-2H3/t12-;/m1./s1. The number of hydrogen-bond acceptors (Lipinski definition) is 4. The fraction of sp³-hybridized carbons (Fsp3) is 0.583. The van der Waals surface area contributed by atoms with Crippen LogP contribution in [0.5, 0.6) is 5.88 Å². The summed E-state index contributed by atoms with van der Waals surface area (Å²) >= 11 is 3.41. The molecule has 1 saturated heterocycles. The first kappa shape index (κ1) is 22.2. The van der Waals surface area contributed by atoms with Gasteiger partial charge in [0.15, 0.2) is 0 Å². The topological polar surface area (TPSA) is 44.2 Å². The van der Waals surface area contributed by atoms with Crippen molar-refractivity contribution in [2.24, 2.45) is 0 Å². The first-order chi connectivity index (χ1) is 14.2. The number of methoxy groups -OCH3 is 1. The molecule has 0 amide bonds. The normalized spacial score (nSPS) is 20.2. The van der Waals surface area contributed by atoms with Gasteiger partial charge in [-0.15, -0.1) is 0 Å². The third kappa shape index (κ3) is 6.26. The summed E-state index contributed by atoms with van der Waals surface area (Å²) in [6, 6.07) is 8.33. The van der Waals surface area contributed by atoms with Crippen LogP contribution in [0.1, 0.15) is 75.5 Å². The Morgan fingerprint density at radius 3 is 2.72 bits per heavy atom. The number of rotatable bonds is 5. The summed E-state index contributed by atoms with van der Waals surface area (Å²) in [6.45, 7) is 3.10. The minimum absolute atomic E-state index is 0.209. The van der Waals surface area contributed by atoms with E-state index in [2.05, 4.69) is 51.0 Å². The minimum atomic E-state index is 0.209. The highest BCUT2D eigenvalue weighted by Crippen LogP contribution is 2.44. The summed E-state index contributed by atoms with van der Waals surface area (Å²) in [5.41, 5.74) is 2.73. The molecule has 1 spiro atoms. The van der Waals surface area contributed by atoms with Crippen LogP contribution in [0.15, 0.2) is 41.1 Å². The lowest BCUT2D eigenvalue weighted by molar-refractivity contribution is -0.0809. The highest BCUT2D eigenvalue weighted by Gasteiger charge is 2.40. The molecule has 1 atom stereocenters. The maximum absolute atomic E-state index is 6.05. The largest absolute Gasteiger partial charge is 0.480 e. The molecule has 2 aliphatic rings. The van der Waals surface area contributed by atoms with Crippen LogP contribution in [0.3, 0.4) is 0 Å². The van der Waals surface area contributed by atoms with Crippen molar-refractivity contribution < 1.29 is 9.47 Å². The van der Waals surface area contributed by atoms with E-state index in [4.69, 9.17) is 9.47 Å². The summed E-state index contributed by atoms with van der Waals surface area (Å²) in [7, 11) is 1.62. The summed E-state index contributed by atoms with van der Waals surface area (Å²) in [6.07, 6.45) is 14.8. The highest BCUT2D eigenvalue weighted by molar-refractivity contribution is 9.10. The summed E-state index contributed by atoms with van der Waals surface area (Å²) in [5.74, 6) is 1.27. The van der Waals surface area contributed by atoms with E-state index < -0.39 is 0 Å². The van der Waals surface area contributed by atoms with Crippen LogP contribution < -0.4 is 4.74 Å². The molecule has 29 heavy (non-hydrogen) atoms. The average molecular weight is 461 g/mol. The van der Waals surface area contributed by atoms with E-state index in [1.54, 1.807) is 7.11 Å². The molecule has 2 aromatic rings. The third-order valence-electron chi connectivity index (χ3n) is 5.99. The molecule has 158 valence electrons. The molecule has 1 aliphatic carbocycles. The van der Waals surface area contributed by atoms with E-state index in [9.17, 15) is 0 Å². The van der Waals surface area contributed by atoms with Crippen LogP contribution in [0.25, 0.3) is 0 Å². The third-order valence-corrected chi connectivity index (χ3v) is 6.56. The molecule has 4 rings (SSSR count). The Balaban J connectivity index is 0.000000170. The van der Waals surface area contributed by atoms with Crippen LogP contribution in [0.4, 0.5) is 0 Å². The number of aryl methyl sites for hydroxylation is 1. The lowest BCUT2D eigenvalue weighted by Gasteiger charge is -2.38. The van der Waals surface area contributed by atoms with E-state index in [1.165, 1.54) is 56.2 Å². The smallest absolute Gasteiger partial charge is 0.227 e. The predicted octanol–water partition coefficient (Wildman–Crippen LogP) is 6.48. The molecule has 3 heterocycles. The summed E-state index contributed by atoms with van der Waals surface area (Å²) < 4.78 is 12.0. The van der Waals surface area contributed by atoms with Gasteiger partial charge in [0.2, 0.25) is 5.88 Å². The number of nitrogens with zero attached hydrogens (tertiary/aromatic N) is 2. The Hall–Kier alpha value is -1.46. The Bertz CT molecular complexity index is 748. The van der Waals surface area contributed by atoms with Crippen molar-refractivity contribution in [3.05, 3.63) is 52.4 Å². The van der Waals surface area contributed by atoms with Gasteiger partial charge in [-0.3, -0.25) is 4.98 Å². The molecule has 2 aromatic heterocycles.